The van der Waals surface area contributed by atoms with Crippen LogP contribution in [0.15, 0.2) is 48.8 Å². The molecule has 5 nitrogen and oxygen atoms in total. The van der Waals surface area contributed by atoms with Crippen LogP contribution in [-0.2, 0) is 0 Å². The summed E-state index contributed by atoms with van der Waals surface area (Å²) in [5, 5.41) is 13.4. The largest absolute Gasteiger partial charge is 0.393 e. The number of hydrogen-bond donors (Lipinski definition) is 2. The van der Waals surface area contributed by atoms with Crippen LogP contribution < -0.4 is 5.32 Å². The van der Waals surface area contributed by atoms with Crippen LogP contribution in [0.3, 0.4) is 0 Å². The lowest BCUT2D eigenvalue weighted by Gasteiger charge is -2.12. The maximum absolute atomic E-state index is 12.8. The fourth-order valence-electron chi connectivity index (χ4n) is 2.84. The lowest BCUT2D eigenvalue weighted by Crippen LogP contribution is -2.27. The number of aliphatic hydroxyl groups is 1. The van der Waals surface area contributed by atoms with Crippen LogP contribution in [0.1, 0.15) is 35.7 Å². The van der Waals surface area contributed by atoms with Crippen LogP contribution in [0.25, 0.3) is 22.2 Å². The van der Waals surface area contributed by atoms with Crippen molar-refractivity contribution < 1.29 is 9.90 Å². The quantitative estimate of drug-likeness (QED) is 0.714. The van der Waals surface area contributed by atoms with Crippen molar-refractivity contribution in [3.8, 4) is 11.3 Å². The number of pyridine rings is 2. The zero-order valence-corrected chi connectivity index (χ0v) is 15.1. The summed E-state index contributed by atoms with van der Waals surface area (Å²) in [6, 6.07) is 11.5. The molecule has 0 aliphatic rings. The Hall–Kier alpha value is -2.79. The molecule has 5 heteroatoms. The van der Waals surface area contributed by atoms with E-state index in [-0.39, 0.29) is 5.91 Å². The normalized spacial score (nSPS) is 12.1. The number of aromatic nitrogens is 2. The summed E-state index contributed by atoms with van der Waals surface area (Å²) in [6.07, 6.45) is 4.28. The lowest BCUT2D eigenvalue weighted by atomic mass is 10.0. The first kappa shape index (κ1) is 18.0. The van der Waals surface area contributed by atoms with Gasteiger partial charge in [-0.25, -0.2) is 4.98 Å². The van der Waals surface area contributed by atoms with Crippen molar-refractivity contribution in [3.63, 3.8) is 0 Å². The van der Waals surface area contributed by atoms with E-state index in [2.05, 4.69) is 10.3 Å². The summed E-state index contributed by atoms with van der Waals surface area (Å²) in [6.45, 7) is 4.35. The molecule has 0 radical (unpaired) electrons. The minimum Gasteiger partial charge on any atom is -0.393 e. The zero-order chi connectivity index (χ0) is 18.5. The molecule has 0 spiro atoms. The molecule has 26 heavy (non-hydrogen) atoms. The van der Waals surface area contributed by atoms with Gasteiger partial charge < -0.3 is 10.4 Å². The smallest absolute Gasteiger partial charge is 0.252 e. The van der Waals surface area contributed by atoms with Crippen LogP contribution >= 0.6 is 0 Å². The number of aliphatic hydroxyl groups excluding tert-OH is 1. The Morgan fingerprint density at radius 3 is 2.85 bits per heavy atom. The third-order valence-corrected chi connectivity index (χ3v) is 4.40. The van der Waals surface area contributed by atoms with E-state index in [1.54, 1.807) is 12.4 Å². The van der Waals surface area contributed by atoms with Gasteiger partial charge in [0.25, 0.3) is 5.91 Å². The van der Waals surface area contributed by atoms with E-state index in [1.807, 2.05) is 50.2 Å². The first-order chi connectivity index (χ1) is 12.6. The Morgan fingerprint density at radius 2 is 2.12 bits per heavy atom. The molecule has 134 valence electrons. The number of rotatable bonds is 6. The standard InChI is InChI=1S/C21H23N3O2/c1-3-16(25)8-10-23-21(26)18-12-20(15-5-4-9-22-13-15)24-19-7-6-14(2)11-17(18)19/h4-7,9,11-13,16,25H,3,8,10H2,1-2H3,(H,23,26). The molecule has 2 aromatic heterocycles. The molecule has 1 unspecified atom stereocenters. The average Bonchev–Trinajstić information content (AvgIpc) is 2.67. The molecule has 1 amide bonds. The van der Waals surface area contributed by atoms with Crippen LogP contribution in [0, 0.1) is 6.92 Å². The van der Waals surface area contributed by atoms with Gasteiger partial charge in [0, 0.05) is 29.9 Å². The summed E-state index contributed by atoms with van der Waals surface area (Å²) in [5.74, 6) is -0.156. The first-order valence-electron chi connectivity index (χ1n) is 8.86. The molecule has 0 aliphatic heterocycles. The highest BCUT2D eigenvalue weighted by atomic mass is 16.3. The van der Waals surface area contributed by atoms with Crippen molar-refractivity contribution in [3.05, 3.63) is 59.9 Å². The first-order valence-corrected chi connectivity index (χ1v) is 8.86. The van der Waals surface area contributed by atoms with Crippen molar-refractivity contribution in [2.45, 2.75) is 32.8 Å². The molecule has 0 bridgehead atoms. The molecule has 0 aliphatic carbocycles. The van der Waals surface area contributed by atoms with Gasteiger partial charge >= 0.3 is 0 Å². The summed E-state index contributed by atoms with van der Waals surface area (Å²) in [4.78, 5) is 21.6. The predicted molar refractivity (Wildman–Crippen MR) is 103 cm³/mol. The van der Waals surface area contributed by atoms with Gasteiger partial charge in [0.1, 0.15) is 0 Å². The maximum Gasteiger partial charge on any atom is 0.252 e. The van der Waals surface area contributed by atoms with Gasteiger partial charge in [-0.15, -0.1) is 0 Å². The molecule has 2 N–H and O–H groups in total. The highest BCUT2D eigenvalue weighted by Crippen LogP contribution is 2.25. The Balaban J connectivity index is 1.98. The van der Waals surface area contributed by atoms with Crippen LogP contribution in [0.5, 0.6) is 0 Å². The summed E-state index contributed by atoms with van der Waals surface area (Å²) < 4.78 is 0. The Labute approximate surface area is 153 Å². The number of nitrogens with zero attached hydrogens (tertiary/aromatic N) is 2. The number of amides is 1. The fourth-order valence-corrected chi connectivity index (χ4v) is 2.84. The monoisotopic (exact) mass is 349 g/mol. The minimum atomic E-state index is -0.391. The molecule has 3 aromatic rings. The average molecular weight is 349 g/mol. The van der Waals surface area contributed by atoms with Gasteiger partial charge in [-0.2, -0.15) is 0 Å². The lowest BCUT2D eigenvalue weighted by molar-refractivity contribution is 0.0943. The van der Waals surface area contributed by atoms with E-state index in [0.29, 0.717) is 30.6 Å². The Bertz CT molecular complexity index is 910. The number of aryl methyl sites for hydroxylation is 1. The van der Waals surface area contributed by atoms with Gasteiger partial charge in [-0.1, -0.05) is 18.6 Å². The highest BCUT2D eigenvalue weighted by Gasteiger charge is 2.14. The van der Waals surface area contributed by atoms with E-state index in [1.165, 1.54) is 0 Å². The van der Waals surface area contributed by atoms with E-state index in [9.17, 15) is 9.90 Å². The van der Waals surface area contributed by atoms with Crippen molar-refractivity contribution in [2.75, 3.05) is 6.54 Å². The molecule has 0 saturated heterocycles. The summed E-state index contributed by atoms with van der Waals surface area (Å²) >= 11 is 0. The molecule has 0 fully saturated rings. The molecule has 1 aromatic carbocycles. The van der Waals surface area contributed by atoms with E-state index < -0.39 is 6.10 Å². The number of fused-ring (bicyclic) bond motifs is 1. The van der Waals surface area contributed by atoms with E-state index in [0.717, 1.165) is 22.0 Å². The molecule has 0 saturated carbocycles. The van der Waals surface area contributed by atoms with Crippen LogP contribution in [0.4, 0.5) is 0 Å². The number of carbonyl (C=O) groups excluding carboxylic acids is 1. The zero-order valence-electron chi connectivity index (χ0n) is 15.1. The van der Waals surface area contributed by atoms with Gasteiger partial charge in [-0.05, 0) is 50.1 Å². The number of hydrogen-bond acceptors (Lipinski definition) is 4. The van der Waals surface area contributed by atoms with Crippen molar-refractivity contribution in [2.24, 2.45) is 0 Å². The van der Waals surface area contributed by atoms with Crippen molar-refractivity contribution in [1.29, 1.82) is 0 Å². The minimum absolute atomic E-state index is 0.156. The second-order valence-corrected chi connectivity index (χ2v) is 6.42. The third-order valence-electron chi connectivity index (χ3n) is 4.40. The highest BCUT2D eigenvalue weighted by molar-refractivity contribution is 6.07. The third kappa shape index (κ3) is 4.06. The van der Waals surface area contributed by atoms with Gasteiger partial charge in [0.05, 0.1) is 22.9 Å². The van der Waals surface area contributed by atoms with E-state index in [4.69, 9.17) is 4.98 Å². The molecule has 1 atom stereocenters. The van der Waals surface area contributed by atoms with Gasteiger partial charge in [0.2, 0.25) is 0 Å². The summed E-state index contributed by atoms with van der Waals surface area (Å²) in [5.41, 5.74) is 4.02. The molecule has 2 heterocycles. The SMILES string of the molecule is CCC(O)CCNC(=O)c1cc(-c2cccnc2)nc2ccc(C)cc12. The van der Waals surface area contributed by atoms with Crippen LogP contribution in [0.2, 0.25) is 0 Å². The molecular formula is C21H23N3O2. The number of nitrogens with one attached hydrogen (secondary N) is 1. The topological polar surface area (TPSA) is 75.1 Å². The molecule has 3 rings (SSSR count). The van der Waals surface area contributed by atoms with Gasteiger partial charge in [-0.3, -0.25) is 9.78 Å². The second kappa shape index (κ2) is 8.06. The van der Waals surface area contributed by atoms with Crippen molar-refractivity contribution >= 4 is 16.8 Å². The Morgan fingerprint density at radius 1 is 1.27 bits per heavy atom. The Kier molecular flexibility index (Phi) is 5.58. The summed E-state index contributed by atoms with van der Waals surface area (Å²) in [7, 11) is 0. The molecular weight excluding hydrogens is 326 g/mol. The maximum atomic E-state index is 12.8. The number of benzene rings is 1. The number of carbonyl (C=O) groups is 1. The second-order valence-electron chi connectivity index (χ2n) is 6.42. The van der Waals surface area contributed by atoms with Crippen LogP contribution in [-0.4, -0.2) is 33.6 Å². The fraction of sp³-hybridized carbons (Fsp3) is 0.286. The van der Waals surface area contributed by atoms with E-state index >= 15 is 0 Å². The van der Waals surface area contributed by atoms with Crippen molar-refractivity contribution in [1.82, 2.24) is 15.3 Å². The van der Waals surface area contributed by atoms with Gasteiger partial charge in [0.15, 0.2) is 0 Å². The predicted octanol–water partition coefficient (Wildman–Crippen LogP) is 3.50.